The number of rotatable bonds is 6. The van der Waals surface area contributed by atoms with Crippen LogP contribution in [0.5, 0.6) is 0 Å². The molecule has 1 nitrogen and oxygen atoms in total. The van der Waals surface area contributed by atoms with E-state index in [1.807, 2.05) is 11.8 Å². The van der Waals surface area contributed by atoms with E-state index in [0.29, 0.717) is 0 Å². The Kier molecular flexibility index (Phi) is 5.88. The van der Waals surface area contributed by atoms with Crippen LogP contribution in [-0.2, 0) is 0 Å². The molecule has 0 saturated heterocycles. The zero-order valence-electron chi connectivity index (χ0n) is 9.01. The maximum atomic E-state index is 3.65. The molecule has 0 spiro atoms. The lowest BCUT2D eigenvalue weighted by Crippen LogP contribution is -2.35. The van der Waals surface area contributed by atoms with Crippen molar-refractivity contribution < 1.29 is 0 Å². The van der Waals surface area contributed by atoms with E-state index < -0.39 is 0 Å². The minimum Gasteiger partial charge on any atom is -0.314 e. The molecule has 0 aromatic heterocycles. The Morgan fingerprint density at radius 1 is 1.38 bits per heavy atom. The van der Waals surface area contributed by atoms with Gasteiger partial charge >= 0.3 is 0 Å². The van der Waals surface area contributed by atoms with Crippen molar-refractivity contribution in [3.8, 4) is 0 Å². The molecule has 0 aromatic rings. The van der Waals surface area contributed by atoms with E-state index in [9.17, 15) is 0 Å². The van der Waals surface area contributed by atoms with E-state index in [1.54, 1.807) is 0 Å². The SMILES string of the molecule is CCNC(CCSC)C1CCCC1. The van der Waals surface area contributed by atoms with Gasteiger partial charge in [-0.25, -0.2) is 0 Å². The van der Waals surface area contributed by atoms with Crippen molar-refractivity contribution in [3.05, 3.63) is 0 Å². The summed E-state index contributed by atoms with van der Waals surface area (Å²) in [7, 11) is 0. The van der Waals surface area contributed by atoms with Gasteiger partial charge in [0.2, 0.25) is 0 Å². The van der Waals surface area contributed by atoms with Crippen molar-refractivity contribution in [1.29, 1.82) is 0 Å². The molecule has 1 fully saturated rings. The Morgan fingerprint density at radius 3 is 2.62 bits per heavy atom. The van der Waals surface area contributed by atoms with Crippen molar-refractivity contribution in [2.24, 2.45) is 5.92 Å². The molecule has 1 atom stereocenters. The van der Waals surface area contributed by atoms with Crippen molar-refractivity contribution in [2.45, 2.75) is 45.1 Å². The molecule has 1 aliphatic rings. The first-order chi connectivity index (χ1) is 6.38. The van der Waals surface area contributed by atoms with Crippen LogP contribution in [0, 0.1) is 5.92 Å². The maximum Gasteiger partial charge on any atom is 0.0103 e. The third-order valence-corrected chi connectivity index (χ3v) is 3.71. The third-order valence-electron chi connectivity index (χ3n) is 3.07. The van der Waals surface area contributed by atoms with Crippen molar-refractivity contribution in [1.82, 2.24) is 5.32 Å². The quantitative estimate of drug-likeness (QED) is 0.709. The predicted octanol–water partition coefficient (Wildman–Crippen LogP) is 2.91. The van der Waals surface area contributed by atoms with Crippen LogP contribution in [0.3, 0.4) is 0 Å². The molecule has 0 bridgehead atoms. The topological polar surface area (TPSA) is 12.0 Å². The van der Waals surface area contributed by atoms with Gasteiger partial charge in [-0.2, -0.15) is 11.8 Å². The summed E-state index contributed by atoms with van der Waals surface area (Å²) in [6.07, 6.45) is 9.42. The van der Waals surface area contributed by atoms with Crippen LogP contribution in [0.2, 0.25) is 0 Å². The zero-order chi connectivity index (χ0) is 9.52. The summed E-state index contributed by atoms with van der Waals surface area (Å²) in [5, 5.41) is 3.65. The van der Waals surface area contributed by atoms with Crippen LogP contribution in [0.1, 0.15) is 39.0 Å². The van der Waals surface area contributed by atoms with Crippen LogP contribution in [0.4, 0.5) is 0 Å². The van der Waals surface area contributed by atoms with Crippen LogP contribution in [0.25, 0.3) is 0 Å². The number of thioether (sulfide) groups is 1. The summed E-state index contributed by atoms with van der Waals surface area (Å²) in [6.45, 7) is 3.36. The van der Waals surface area contributed by atoms with Crippen LogP contribution >= 0.6 is 11.8 Å². The Bertz CT molecular complexity index is 121. The fourth-order valence-corrected chi connectivity index (χ4v) is 2.86. The van der Waals surface area contributed by atoms with Gasteiger partial charge in [0, 0.05) is 6.04 Å². The second-order valence-corrected chi connectivity index (χ2v) is 4.98. The van der Waals surface area contributed by atoms with Gasteiger partial charge in [0.05, 0.1) is 0 Å². The highest BCUT2D eigenvalue weighted by atomic mass is 32.2. The van der Waals surface area contributed by atoms with E-state index in [1.165, 1.54) is 37.9 Å². The van der Waals surface area contributed by atoms with Gasteiger partial charge in [0.1, 0.15) is 0 Å². The first kappa shape index (κ1) is 11.4. The normalized spacial score (nSPS) is 20.8. The number of nitrogens with one attached hydrogen (secondary N) is 1. The first-order valence-corrected chi connectivity index (χ1v) is 7.00. The minimum absolute atomic E-state index is 0.806. The third kappa shape index (κ3) is 3.90. The lowest BCUT2D eigenvalue weighted by molar-refractivity contribution is 0.358. The summed E-state index contributed by atoms with van der Waals surface area (Å²) in [5.74, 6) is 2.29. The molecule has 0 heterocycles. The van der Waals surface area contributed by atoms with Gasteiger partial charge in [0.25, 0.3) is 0 Å². The van der Waals surface area contributed by atoms with Crippen LogP contribution in [-0.4, -0.2) is 24.6 Å². The highest BCUT2D eigenvalue weighted by Gasteiger charge is 2.23. The van der Waals surface area contributed by atoms with Crippen molar-refractivity contribution in [2.75, 3.05) is 18.6 Å². The van der Waals surface area contributed by atoms with E-state index >= 15 is 0 Å². The Labute approximate surface area is 87.1 Å². The summed E-state index contributed by atoms with van der Waals surface area (Å²) in [4.78, 5) is 0. The lowest BCUT2D eigenvalue weighted by atomic mass is 9.96. The largest absolute Gasteiger partial charge is 0.314 e. The molecule has 13 heavy (non-hydrogen) atoms. The molecule has 1 unspecified atom stereocenters. The second-order valence-electron chi connectivity index (χ2n) is 3.99. The molecule has 0 amide bonds. The zero-order valence-corrected chi connectivity index (χ0v) is 9.83. The molecule has 1 N–H and O–H groups in total. The monoisotopic (exact) mass is 201 g/mol. The Morgan fingerprint density at radius 2 is 2.08 bits per heavy atom. The Balaban J connectivity index is 2.26. The smallest absolute Gasteiger partial charge is 0.0103 e. The van der Waals surface area contributed by atoms with Gasteiger partial charge in [-0.1, -0.05) is 19.8 Å². The van der Waals surface area contributed by atoms with Crippen LogP contribution in [0.15, 0.2) is 0 Å². The second kappa shape index (κ2) is 6.72. The van der Waals surface area contributed by atoms with Gasteiger partial charge < -0.3 is 5.32 Å². The molecule has 1 aliphatic carbocycles. The molecule has 1 rings (SSSR count). The molecular formula is C11H23NS. The highest BCUT2D eigenvalue weighted by Crippen LogP contribution is 2.29. The van der Waals surface area contributed by atoms with Gasteiger partial charge in [-0.05, 0) is 43.7 Å². The van der Waals surface area contributed by atoms with E-state index in [2.05, 4.69) is 18.5 Å². The van der Waals surface area contributed by atoms with Gasteiger partial charge in [-0.3, -0.25) is 0 Å². The standard InChI is InChI=1S/C11H23NS/c1-3-12-11(8-9-13-2)10-6-4-5-7-10/h10-12H,3-9H2,1-2H3. The molecule has 0 aromatic carbocycles. The average molecular weight is 201 g/mol. The van der Waals surface area contributed by atoms with Gasteiger partial charge in [0.15, 0.2) is 0 Å². The fourth-order valence-electron chi connectivity index (χ4n) is 2.37. The van der Waals surface area contributed by atoms with E-state index in [0.717, 1.165) is 18.5 Å². The number of hydrogen-bond donors (Lipinski definition) is 1. The molecule has 2 heteroatoms. The minimum atomic E-state index is 0.806. The molecule has 0 radical (unpaired) electrons. The summed E-state index contributed by atoms with van der Waals surface area (Å²) < 4.78 is 0. The fraction of sp³-hybridized carbons (Fsp3) is 1.00. The van der Waals surface area contributed by atoms with E-state index in [4.69, 9.17) is 0 Å². The molecule has 1 saturated carbocycles. The molecular weight excluding hydrogens is 178 g/mol. The highest BCUT2D eigenvalue weighted by molar-refractivity contribution is 7.98. The number of hydrogen-bond acceptors (Lipinski definition) is 2. The summed E-state index contributed by atoms with van der Waals surface area (Å²) >= 11 is 1.97. The van der Waals surface area contributed by atoms with Crippen LogP contribution < -0.4 is 5.32 Å². The summed E-state index contributed by atoms with van der Waals surface area (Å²) in [6, 6.07) is 0.806. The van der Waals surface area contributed by atoms with E-state index in [-0.39, 0.29) is 0 Å². The lowest BCUT2D eigenvalue weighted by Gasteiger charge is -2.23. The van der Waals surface area contributed by atoms with Gasteiger partial charge in [-0.15, -0.1) is 0 Å². The average Bonchev–Trinajstić information content (AvgIpc) is 2.65. The molecule has 78 valence electrons. The first-order valence-electron chi connectivity index (χ1n) is 5.60. The molecule has 0 aliphatic heterocycles. The predicted molar refractivity (Wildman–Crippen MR) is 62.4 cm³/mol. The van der Waals surface area contributed by atoms with Crippen molar-refractivity contribution >= 4 is 11.8 Å². The summed E-state index contributed by atoms with van der Waals surface area (Å²) in [5.41, 5.74) is 0. The maximum absolute atomic E-state index is 3.65. The Hall–Kier alpha value is 0.310. The van der Waals surface area contributed by atoms with Crippen molar-refractivity contribution in [3.63, 3.8) is 0 Å².